The van der Waals surface area contributed by atoms with E-state index in [-0.39, 0.29) is 5.91 Å². The lowest BCUT2D eigenvalue weighted by Gasteiger charge is -2.12. The Labute approximate surface area is 129 Å². The SMILES string of the molecule is CN(Cc1nc2ccccc2[nH]1)C(=O)C=Cc1ccccc1. The van der Waals surface area contributed by atoms with E-state index in [0.717, 1.165) is 22.4 Å². The van der Waals surface area contributed by atoms with Crippen molar-refractivity contribution in [2.75, 3.05) is 7.05 Å². The summed E-state index contributed by atoms with van der Waals surface area (Å²) in [6, 6.07) is 17.6. The Morgan fingerprint density at radius 2 is 1.86 bits per heavy atom. The van der Waals surface area contributed by atoms with Crippen molar-refractivity contribution in [1.29, 1.82) is 0 Å². The summed E-state index contributed by atoms with van der Waals surface area (Å²) in [6.45, 7) is 0.451. The van der Waals surface area contributed by atoms with Crippen LogP contribution in [0.15, 0.2) is 60.7 Å². The number of rotatable bonds is 4. The zero-order valence-electron chi connectivity index (χ0n) is 12.4. The van der Waals surface area contributed by atoms with Crippen molar-refractivity contribution in [3.8, 4) is 0 Å². The summed E-state index contributed by atoms with van der Waals surface area (Å²) in [4.78, 5) is 21.5. The highest BCUT2D eigenvalue weighted by atomic mass is 16.2. The van der Waals surface area contributed by atoms with Crippen LogP contribution < -0.4 is 0 Å². The number of benzene rings is 2. The fourth-order valence-electron chi connectivity index (χ4n) is 2.24. The van der Waals surface area contributed by atoms with Gasteiger partial charge in [0.05, 0.1) is 17.6 Å². The van der Waals surface area contributed by atoms with Gasteiger partial charge in [-0.2, -0.15) is 0 Å². The lowest BCUT2D eigenvalue weighted by molar-refractivity contribution is -0.125. The van der Waals surface area contributed by atoms with Crippen molar-refractivity contribution in [1.82, 2.24) is 14.9 Å². The number of carbonyl (C=O) groups excluding carboxylic acids is 1. The topological polar surface area (TPSA) is 49.0 Å². The molecule has 0 aliphatic rings. The van der Waals surface area contributed by atoms with E-state index in [0.29, 0.717) is 6.54 Å². The number of aromatic amines is 1. The molecule has 0 fully saturated rings. The Morgan fingerprint density at radius 1 is 1.14 bits per heavy atom. The maximum atomic E-state index is 12.1. The van der Waals surface area contributed by atoms with Crippen molar-refractivity contribution in [3.63, 3.8) is 0 Å². The van der Waals surface area contributed by atoms with Gasteiger partial charge in [0.25, 0.3) is 0 Å². The fraction of sp³-hybridized carbons (Fsp3) is 0.111. The number of hydrogen-bond donors (Lipinski definition) is 1. The Balaban J connectivity index is 1.67. The number of hydrogen-bond acceptors (Lipinski definition) is 2. The van der Waals surface area contributed by atoms with Crippen molar-refractivity contribution in [3.05, 3.63) is 72.1 Å². The normalized spacial score (nSPS) is 11.1. The van der Waals surface area contributed by atoms with Gasteiger partial charge < -0.3 is 9.88 Å². The molecule has 1 heterocycles. The minimum Gasteiger partial charge on any atom is -0.340 e. The second-order valence-corrected chi connectivity index (χ2v) is 5.14. The molecule has 0 saturated heterocycles. The van der Waals surface area contributed by atoms with Crippen LogP contribution in [0.2, 0.25) is 0 Å². The highest BCUT2D eigenvalue weighted by Crippen LogP contribution is 2.11. The molecule has 0 unspecified atom stereocenters. The van der Waals surface area contributed by atoms with Crippen LogP contribution in [0.5, 0.6) is 0 Å². The average molecular weight is 291 g/mol. The molecule has 0 bridgehead atoms. The first-order valence-corrected chi connectivity index (χ1v) is 7.14. The number of likely N-dealkylation sites (N-methyl/N-ethyl adjacent to an activating group) is 1. The smallest absolute Gasteiger partial charge is 0.246 e. The number of nitrogens with one attached hydrogen (secondary N) is 1. The van der Waals surface area contributed by atoms with Gasteiger partial charge >= 0.3 is 0 Å². The van der Waals surface area contributed by atoms with E-state index in [1.54, 1.807) is 18.0 Å². The van der Waals surface area contributed by atoms with E-state index in [9.17, 15) is 4.79 Å². The van der Waals surface area contributed by atoms with Crippen LogP contribution in [0.3, 0.4) is 0 Å². The monoisotopic (exact) mass is 291 g/mol. The largest absolute Gasteiger partial charge is 0.340 e. The molecule has 1 amide bonds. The van der Waals surface area contributed by atoms with Crippen molar-refractivity contribution < 1.29 is 4.79 Å². The first kappa shape index (κ1) is 14.1. The molecule has 0 spiro atoms. The molecule has 0 aliphatic heterocycles. The first-order chi connectivity index (χ1) is 10.7. The second kappa shape index (κ2) is 6.26. The molecule has 0 saturated carbocycles. The third-order valence-electron chi connectivity index (χ3n) is 3.42. The standard InChI is InChI=1S/C18H17N3O/c1-21(18(22)12-11-14-7-3-2-4-8-14)13-17-19-15-9-5-6-10-16(15)20-17/h2-12H,13H2,1H3,(H,19,20). The molecular formula is C18H17N3O. The van der Waals surface area contributed by atoms with E-state index < -0.39 is 0 Å². The molecular weight excluding hydrogens is 274 g/mol. The highest BCUT2D eigenvalue weighted by molar-refractivity contribution is 5.91. The maximum Gasteiger partial charge on any atom is 0.246 e. The van der Waals surface area contributed by atoms with Crippen LogP contribution in [0.4, 0.5) is 0 Å². The van der Waals surface area contributed by atoms with E-state index in [4.69, 9.17) is 0 Å². The summed E-state index contributed by atoms with van der Waals surface area (Å²) >= 11 is 0. The summed E-state index contributed by atoms with van der Waals surface area (Å²) in [6.07, 6.45) is 3.40. The zero-order valence-corrected chi connectivity index (χ0v) is 12.4. The van der Waals surface area contributed by atoms with Crippen LogP contribution in [0.25, 0.3) is 17.1 Å². The van der Waals surface area contributed by atoms with Gasteiger partial charge in [0.1, 0.15) is 5.82 Å². The number of nitrogens with zero attached hydrogens (tertiary/aromatic N) is 2. The van der Waals surface area contributed by atoms with Gasteiger partial charge in [-0.3, -0.25) is 4.79 Å². The van der Waals surface area contributed by atoms with Gasteiger partial charge in [0.2, 0.25) is 5.91 Å². The number of para-hydroxylation sites is 2. The predicted molar refractivity (Wildman–Crippen MR) is 88.0 cm³/mol. The minimum absolute atomic E-state index is 0.0516. The minimum atomic E-state index is -0.0516. The Hall–Kier alpha value is -2.88. The van der Waals surface area contributed by atoms with Gasteiger partial charge in [-0.1, -0.05) is 42.5 Å². The number of H-pyrrole nitrogens is 1. The van der Waals surface area contributed by atoms with Crippen molar-refractivity contribution >= 4 is 23.0 Å². The molecule has 0 radical (unpaired) electrons. The van der Waals surface area contributed by atoms with Crippen molar-refractivity contribution in [2.24, 2.45) is 0 Å². The number of amides is 1. The first-order valence-electron chi connectivity index (χ1n) is 7.14. The molecule has 3 rings (SSSR count). The quantitative estimate of drug-likeness (QED) is 0.750. The van der Waals surface area contributed by atoms with Crippen LogP contribution in [-0.2, 0) is 11.3 Å². The molecule has 2 aromatic carbocycles. The van der Waals surface area contributed by atoms with Gasteiger partial charge in [-0.05, 0) is 23.8 Å². The maximum absolute atomic E-state index is 12.1. The lowest BCUT2D eigenvalue weighted by atomic mass is 10.2. The van der Waals surface area contributed by atoms with Gasteiger partial charge in [-0.15, -0.1) is 0 Å². The number of imidazole rings is 1. The second-order valence-electron chi connectivity index (χ2n) is 5.14. The molecule has 4 nitrogen and oxygen atoms in total. The van der Waals surface area contributed by atoms with Crippen LogP contribution in [0, 0.1) is 0 Å². The summed E-state index contributed by atoms with van der Waals surface area (Å²) in [5.74, 6) is 0.731. The predicted octanol–water partition coefficient (Wildman–Crippen LogP) is 3.23. The van der Waals surface area contributed by atoms with E-state index in [1.807, 2.05) is 60.7 Å². The Kier molecular flexibility index (Phi) is 4.01. The molecule has 110 valence electrons. The number of carbonyl (C=O) groups is 1. The summed E-state index contributed by atoms with van der Waals surface area (Å²) in [5.41, 5.74) is 2.91. The molecule has 4 heteroatoms. The highest BCUT2D eigenvalue weighted by Gasteiger charge is 2.09. The van der Waals surface area contributed by atoms with Crippen molar-refractivity contribution in [2.45, 2.75) is 6.54 Å². The molecule has 1 aromatic heterocycles. The van der Waals surface area contributed by atoms with E-state index in [2.05, 4.69) is 9.97 Å². The third kappa shape index (κ3) is 3.23. The Morgan fingerprint density at radius 3 is 2.64 bits per heavy atom. The number of fused-ring (bicyclic) bond motifs is 1. The third-order valence-corrected chi connectivity index (χ3v) is 3.42. The molecule has 0 atom stereocenters. The van der Waals surface area contributed by atoms with Crippen LogP contribution >= 0.6 is 0 Å². The van der Waals surface area contributed by atoms with Gasteiger partial charge in [0.15, 0.2) is 0 Å². The zero-order chi connectivity index (χ0) is 15.4. The average Bonchev–Trinajstić information content (AvgIpc) is 2.95. The Bertz CT molecular complexity index is 772. The lowest BCUT2D eigenvalue weighted by Crippen LogP contribution is -2.24. The number of aromatic nitrogens is 2. The summed E-state index contributed by atoms with van der Waals surface area (Å²) in [5, 5.41) is 0. The molecule has 3 aromatic rings. The summed E-state index contributed by atoms with van der Waals surface area (Å²) < 4.78 is 0. The van der Waals surface area contributed by atoms with Crippen LogP contribution in [-0.4, -0.2) is 27.8 Å². The van der Waals surface area contributed by atoms with E-state index >= 15 is 0 Å². The van der Waals surface area contributed by atoms with Crippen LogP contribution in [0.1, 0.15) is 11.4 Å². The van der Waals surface area contributed by atoms with Gasteiger partial charge in [-0.25, -0.2) is 4.98 Å². The molecule has 22 heavy (non-hydrogen) atoms. The van der Waals surface area contributed by atoms with Gasteiger partial charge in [0, 0.05) is 13.1 Å². The molecule has 0 aliphatic carbocycles. The fourth-order valence-corrected chi connectivity index (χ4v) is 2.24. The molecule has 1 N–H and O–H groups in total. The summed E-state index contributed by atoms with van der Waals surface area (Å²) in [7, 11) is 1.77. The van der Waals surface area contributed by atoms with E-state index in [1.165, 1.54) is 0 Å².